The maximum Gasteiger partial charge on any atom is 0.251 e. The third-order valence-electron chi connectivity index (χ3n) is 6.33. The van der Waals surface area contributed by atoms with E-state index in [1.54, 1.807) is 23.0 Å². The minimum absolute atomic E-state index is 0.0541. The van der Waals surface area contributed by atoms with E-state index in [0.29, 0.717) is 47.5 Å². The molecule has 4 aromatic rings. The summed E-state index contributed by atoms with van der Waals surface area (Å²) in [5, 5.41) is 10.7. The molecule has 0 atom stereocenters. The summed E-state index contributed by atoms with van der Waals surface area (Å²) in [5.74, 6) is 1.15. The van der Waals surface area contributed by atoms with Crippen molar-refractivity contribution in [2.75, 3.05) is 5.32 Å². The van der Waals surface area contributed by atoms with Crippen molar-refractivity contribution >= 4 is 17.5 Å². The number of hydrogen-bond donors (Lipinski definition) is 2. The van der Waals surface area contributed by atoms with E-state index in [0.717, 1.165) is 35.3 Å². The van der Waals surface area contributed by atoms with Crippen molar-refractivity contribution in [2.45, 2.75) is 38.8 Å². The second-order valence-electron chi connectivity index (χ2n) is 8.69. The fraction of sp³-hybridized carbons (Fsp3) is 0.231. The summed E-state index contributed by atoms with van der Waals surface area (Å²) in [7, 11) is 0. The lowest BCUT2D eigenvalue weighted by Gasteiger charge is -2.07. The number of nitrogens with one attached hydrogen (secondary N) is 2. The van der Waals surface area contributed by atoms with E-state index < -0.39 is 0 Å². The Hall–Kier alpha value is -4.07. The van der Waals surface area contributed by atoms with Crippen LogP contribution in [0.5, 0.6) is 0 Å². The number of amides is 1. The summed E-state index contributed by atoms with van der Waals surface area (Å²) in [6.45, 7) is 3.09. The van der Waals surface area contributed by atoms with E-state index in [2.05, 4.69) is 25.7 Å². The van der Waals surface area contributed by atoms with Crippen LogP contribution in [0.1, 0.15) is 47.3 Å². The van der Waals surface area contributed by atoms with Crippen LogP contribution in [0.4, 0.5) is 16.0 Å². The standard InChI is InChI=1S/C26H23FN6O/c1-2-33-26(30-19-6-8-21-18(11-19)14-29-25(21)34)31-24(32-33)17-5-7-20(22(27)12-17)16-9-10-28-23(13-16)15-3-4-15/h5-13,15H,2-4,14H2,1H3,(H,29,34)(H,30,31,32). The van der Waals surface area contributed by atoms with Gasteiger partial charge < -0.3 is 10.6 Å². The zero-order valence-electron chi connectivity index (χ0n) is 18.7. The van der Waals surface area contributed by atoms with Gasteiger partial charge in [0.15, 0.2) is 5.82 Å². The predicted octanol–water partition coefficient (Wildman–Crippen LogP) is 5.03. The smallest absolute Gasteiger partial charge is 0.251 e. The van der Waals surface area contributed by atoms with E-state index in [-0.39, 0.29) is 11.7 Å². The molecule has 170 valence electrons. The molecule has 2 aromatic heterocycles. The first-order chi connectivity index (χ1) is 16.6. The van der Waals surface area contributed by atoms with E-state index in [1.807, 2.05) is 37.3 Å². The van der Waals surface area contributed by atoms with Crippen LogP contribution in [-0.4, -0.2) is 25.7 Å². The zero-order valence-corrected chi connectivity index (χ0v) is 18.7. The van der Waals surface area contributed by atoms with Gasteiger partial charge in [0, 0.05) is 53.3 Å². The largest absolute Gasteiger partial charge is 0.348 e. The number of anilines is 2. The Morgan fingerprint density at radius 1 is 1.09 bits per heavy atom. The highest BCUT2D eigenvalue weighted by atomic mass is 19.1. The number of hydrogen-bond acceptors (Lipinski definition) is 5. The van der Waals surface area contributed by atoms with Gasteiger partial charge in [-0.1, -0.05) is 12.1 Å². The molecule has 1 saturated carbocycles. The maximum absolute atomic E-state index is 15.1. The van der Waals surface area contributed by atoms with Crippen LogP contribution in [-0.2, 0) is 13.1 Å². The summed E-state index contributed by atoms with van der Waals surface area (Å²) in [6, 6.07) is 14.5. The van der Waals surface area contributed by atoms with Crippen molar-refractivity contribution in [3.05, 3.63) is 77.4 Å². The molecular formula is C26H23FN6O. The fourth-order valence-electron chi connectivity index (χ4n) is 4.32. The molecule has 6 rings (SSSR count). The van der Waals surface area contributed by atoms with Crippen LogP contribution in [0.15, 0.2) is 54.7 Å². The summed E-state index contributed by atoms with van der Waals surface area (Å²) in [4.78, 5) is 20.8. The molecule has 1 aliphatic heterocycles. The summed E-state index contributed by atoms with van der Waals surface area (Å²) >= 11 is 0. The average Bonchev–Trinajstić information content (AvgIpc) is 3.54. The average molecular weight is 455 g/mol. The van der Waals surface area contributed by atoms with Crippen LogP contribution in [0.2, 0.25) is 0 Å². The van der Waals surface area contributed by atoms with E-state index in [4.69, 9.17) is 0 Å². The first-order valence-electron chi connectivity index (χ1n) is 11.5. The number of nitrogens with zero attached hydrogens (tertiary/aromatic N) is 4. The Kier molecular flexibility index (Phi) is 4.86. The summed E-state index contributed by atoms with van der Waals surface area (Å²) in [5.41, 5.74) is 5.47. The van der Waals surface area contributed by atoms with Crippen LogP contribution in [0.3, 0.4) is 0 Å². The van der Waals surface area contributed by atoms with Crippen molar-refractivity contribution in [1.29, 1.82) is 0 Å². The van der Waals surface area contributed by atoms with E-state index in [1.165, 1.54) is 6.07 Å². The van der Waals surface area contributed by atoms with Gasteiger partial charge in [-0.05, 0) is 67.3 Å². The van der Waals surface area contributed by atoms with Gasteiger partial charge in [0.05, 0.1) is 0 Å². The van der Waals surface area contributed by atoms with Crippen molar-refractivity contribution in [3.63, 3.8) is 0 Å². The molecule has 8 heteroatoms. The maximum atomic E-state index is 15.1. The number of aryl methyl sites for hydroxylation is 1. The number of pyridine rings is 1. The van der Waals surface area contributed by atoms with Gasteiger partial charge in [-0.3, -0.25) is 9.78 Å². The van der Waals surface area contributed by atoms with Gasteiger partial charge in [-0.25, -0.2) is 9.07 Å². The second kappa shape index (κ2) is 8.06. The Morgan fingerprint density at radius 2 is 1.94 bits per heavy atom. The molecule has 2 N–H and O–H groups in total. The molecule has 34 heavy (non-hydrogen) atoms. The van der Waals surface area contributed by atoms with Crippen molar-refractivity contribution in [2.24, 2.45) is 0 Å². The third kappa shape index (κ3) is 3.71. The van der Waals surface area contributed by atoms with Crippen LogP contribution in [0, 0.1) is 5.82 Å². The number of benzene rings is 2. The quantitative estimate of drug-likeness (QED) is 0.427. The first-order valence-corrected chi connectivity index (χ1v) is 11.5. The number of carbonyl (C=O) groups is 1. The highest BCUT2D eigenvalue weighted by Gasteiger charge is 2.25. The number of aromatic nitrogens is 4. The van der Waals surface area contributed by atoms with Crippen LogP contribution in [0.25, 0.3) is 22.5 Å². The normalized spacial score (nSPS) is 14.7. The molecule has 0 saturated heterocycles. The third-order valence-corrected chi connectivity index (χ3v) is 6.33. The van der Waals surface area contributed by atoms with Crippen LogP contribution < -0.4 is 10.6 Å². The number of carbonyl (C=O) groups excluding carboxylic acids is 1. The number of fused-ring (bicyclic) bond motifs is 1. The highest BCUT2D eigenvalue weighted by Crippen LogP contribution is 2.40. The summed E-state index contributed by atoms with van der Waals surface area (Å²) in [6.07, 6.45) is 4.06. The Bertz CT molecular complexity index is 1420. The SMILES string of the molecule is CCn1nc(-c2ccc(-c3ccnc(C4CC4)c3)c(F)c2)nc1Nc1ccc2c(c1)CNC2=O. The topological polar surface area (TPSA) is 84.7 Å². The Labute approximate surface area is 196 Å². The van der Waals surface area contributed by atoms with Crippen molar-refractivity contribution in [1.82, 2.24) is 25.1 Å². The zero-order chi connectivity index (χ0) is 23.2. The molecule has 2 aliphatic rings. The Balaban J connectivity index is 1.28. The van der Waals surface area contributed by atoms with Gasteiger partial charge >= 0.3 is 0 Å². The van der Waals surface area contributed by atoms with E-state index >= 15 is 4.39 Å². The number of rotatable bonds is 6. The monoisotopic (exact) mass is 454 g/mol. The van der Waals surface area contributed by atoms with Gasteiger partial charge in [-0.2, -0.15) is 4.98 Å². The highest BCUT2D eigenvalue weighted by molar-refractivity contribution is 5.98. The predicted molar refractivity (Wildman–Crippen MR) is 127 cm³/mol. The lowest BCUT2D eigenvalue weighted by molar-refractivity contribution is 0.0965. The molecule has 0 spiro atoms. The molecular weight excluding hydrogens is 431 g/mol. The number of halogens is 1. The second-order valence-corrected chi connectivity index (χ2v) is 8.69. The molecule has 0 unspecified atom stereocenters. The minimum atomic E-state index is -0.316. The van der Waals surface area contributed by atoms with Gasteiger partial charge in [0.25, 0.3) is 5.91 Å². The van der Waals surface area contributed by atoms with Gasteiger partial charge in [0.1, 0.15) is 5.82 Å². The molecule has 1 amide bonds. The molecule has 3 heterocycles. The minimum Gasteiger partial charge on any atom is -0.348 e. The molecule has 1 fully saturated rings. The molecule has 2 aromatic carbocycles. The molecule has 0 radical (unpaired) electrons. The van der Waals surface area contributed by atoms with Gasteiger partial charge in [-0.15, -0.1) is 5.10 Å². The molecule has 0 bridgehead atoms. The van der Waals surface area contributed by atoms with Crippen molar-refractivity contribution in [3.8, 4) is 22.5 Å². The van der Waals surface area contributed by atoms with Crippen molar-refractivity contribution < 1.29 is 9.18 Å². The fourth-order valence-corrected chi connectivity index (χ4v) is 4.32. The Morgan fingerprint density at radius 3 is 2.74 bits per heavy atom. The lowest BCUT2D eigenvalue weighted by atomic mass is 10.0. The van der Waals surface area contributed by atoms with Gasteiger partial charge in [0.2, 0.25) is 5.95 Å². The first kappa shape index (κ1) is 20.5. The summed E-state index contributed by atoms with van der Waals surface area (Å²) < 4.78 is 16.9. The molecule has 1 aliphatic carbocycles. The molecule has 7 nitrogen and oxygen atoms in total. The van der Waals surface area contributed by atoms with E-state index in [9.17, 15) is 4.79 Å². The van der Waals surface area contributed by atoms with Crippen LogP contribution >= 0.6 is 0 Å². The lowest BCUT2D eigenvalue weighted by Crippen LogP contribution is -2.12.